The van der Waals surface area contributed by atoms with Crippen LogP contribution in [0.1, 0.15) is 42.6 Å². The van der Waals surface area contributed by atoms with Gasteiger partial charge in [0.15, 0.2) is 0 Å². The summed E-state index contributed by atoms with van der Waals surface area (Å²) in [4.78, 5) is 38.9. The Balaban J connectivity index is 1.53. The Kier molecular flexibility index (Phi) is 9.22. The van der Waals surface area contributed by atoms with E-state index in [4.69, 9.17) is 0 Å². The van der Waals surface area contributed by atoms with Gasteiger partial charge in [-0.1, -0.05) is 43.3 Å². The van der Waals surface area contributed by atoms with Crippen LogP contribution in [0.5, 0.6) is 0 Å². The minimum atomic E-state index is -1.19. The van der Waals surface area contributed by atoms with Crippen LogP contribution in [0.4, 0.5) is 4.79 Å². The Morgan fingerprint density at radius 3 is 2.11 bits per heavy atom. The molecular weight excluding hydrogens is 448 g/mol. The van der Waals surface area contributed by atoms with Crippen molar-refractivity contribution in [2.45, 2.75) is 45.3 Å². The van der Waals surface area contributed by atoms with Gasteiger partial charge in [-0.05, 0) is 55.0 Å². The molecule has 9 nitrogen and oxygen atoms in total. The molecule has 0 bridgehead atoms. The van der Waals surface area contributed by atoms with E-state index in [1.165, 1.54) is 12.5 Å². The smallest absolute Gasteiger partial charge is 0.343 e. The zero-order valence-electron chi connectivity index (χ0n) is 20.2. The zero-order valence-corrected chi connectivity index (χ0v) is 20.2. The molecule has 0 saturated carbocycles. The minimum Gasteiger partial charge on any atom is -0.391 e. The van der Waals surface area contributed by atoms with Crippen molar-refractivity contribution in [3.8, 4) is 11.1 Å². The number of rotatable bonds is 9. The standard InChI is InChI=1S/C26H34N4O5/c1-3-19-6-8-20(9-7-19)21-10-12-22(13-11-21)24(32)28-23(18(2)31)25(33)27-14-17-30(35)26(34)29-15-4-5-16-29/h6-13,18,23,31,35H,3-5,14-17H2,1-2H3,(H,27,33)(H,28,32)/t18-,23+/m1/s1. The summed E-state index contributed by atoms with van der Waals surface area (Å²) < 4.78 is 0. The lowest BCUT2D eigenvalue weighted by Crippen LogP contribution is -2.53. The van der Waals surface area contributed by atoms with Gasteiger partial charge in [0.2, 0.25) is 5.91 Å². The van der Waals surface area contributed by atoms with E-state index < -0.39 is 30.0 Å². The average molecular weight is 483 g/mol. The van der Waals surface area contributed by atoms with Crippen LogP contribution in [0.25, 0.3) is 11.1 Å². The van der Waals surface area contributed by atoms with Crippen LogP contribution in [-0.2, 0) is 11.2 Å². The molecule has 0 aliphatic carbocycles. The summed E-state index contributed by atoms with van der Waals surface area (Å²) in [7, 11) is 0. The first-order valence-corrected chi connectivity index (χ1v) is 12.0. The SMILES string of the molecule is CCc1ccc(-c2ccc(C(=O)N[C@H](C(=O)NCCN(O)C(=O)N3CCCC3)[C@@H](C)O)cc2)cc1. The molecule has 2 aromatic rings. The van der Waals surface area contributed by atoms with E-state index in [0.29, 0.717) is 23.7 Å². The van der Waals surface area contributed by atoms with Crippen LogP contribution in [0, 0.1) is 0 Å². The van der Waals surface area contributed by atoms with Crippen molar-refractivity contribution in [1.82, 2.24) is 20.6 Å². The Morgan fingerprint density at radius 1 is 1.00 bits per heavy atom. The number of aryl methyl sites for hydroxylation is 1. The number of nitrogens with one attached hydrogen (secondary N) is 2. The maximum absolute atomic E-state index is 12.7. The molecule has 1 fully saturated rings. The first-order chi connectivity index (χ1) is 16.8. The molecule has 2 aromatic carbocycles. The molecular formula is C26H34N4O5. The minimum absolute atomic E-state index is 0.0283. The maximum atomic E-state index is 12.7. The number of aliphatic hydroxyl groups is 1. The van der Waals surface area contributed by atoms with E-state index in [9.17, 15) is 24.7 Å². The molecule has 0 radical (unpaired) electrons. The second kappa shape index (κ2) is 12.3. The van der Waals surface area contributed by atoms with E-state index in [2.05, 4.69) is 29.7 Å². The predicted octanol–water partition coefficient (Wildman–Crippen LogP) is 2.42. The zero-order chi connectivity index (χ0) is 25.4. The van der Waals surface area contributed by atoms with Crippen molar-refractivity contribution in [3.05, 3.63) is 59.7 Å². The number of hydroxylamine groups is 2. The quantitative estimate of drug-likeness (QED) is 0.323. The van der Waals surface area contributed by atoms with Crippen LogP contribution in [0.15, 0.2) is 48.5 Å². The molecule has 3 rings (SSSR count). The normalized spacial score (nSPS) is 14.8. The number of benzene rings is 2. The molecule has 1 aliphatic heterocycles. The van der Waals surface area contributed by atoms with Crippen molar-refractivity contribution >= 4 is 17.8 Å². The number of carbonyl (C=O) groups is 3. The largest absolute Gasteiger partial charge is 0.391 e. The van der Waals surface area contributed by atoms with Gasteiger partial charge >= 0.3 is 6.03 Å². The Morgan fingerprint density at radius 2 is 1.57 bits per heavy atom. The molecule has 188 valence electrons. The second-order valence-electron chi connectivity index (χ2n) is 8.71. The predicted molar refractivity (Wildman–Crippen MR) is 132 cm³/mol. The molecule has 0 unspecified atom stereocenters. The van der Waals surface area contributed by atoms with Gasteiger partial charge in [-0.2, -0.15) is 0 Å². The van der Waals surface area contributed by atoms with E-state index in [1.54, 1.807) is 17.0 Å². The van der Waals surface area contributed by atoms with E-state index >= 15 is 0 Å². The number of urea groups is 1. The number of aliphatic hydroxyl groups excluding tert-OH is 1. The highest BCUT2D eigenvalue weighted by Crippen LogP contribution is 2.20. The number of nitrogens with zero attached hydrogens (tertiary/aromatic N) is 2. The van der Waals surface area contributed by atoms with Gasteiger partial charge in [0, 0.05) is 25.2 Å². The van der Waals surface area contributed by atoms with Crippen molar-refractivity contribution in [1.29, 1.82) is 0 Å². The number of hydrogen-bond donors (Lipinski definition) is 4. The molecule has 2 atom stereocenters. The van der Waals surface area contributed by atoms with E-state index in [0.717, 1.165) is 30.4 Å². The lowest BCUT2D eigenvalue weighted by molar-refractivity contribution is -0.125. The maximum Gasteiger partial charge on any atom is 0.343 e. The molecule has 1 heterocycles. The fraction of sp³-hybridized carbons (Fsp3) is 0.423. The van der Waals surface area contributed by atoms with E-state index in [-0.39, 0.29) is 13.1 Å². The van der Waals surface area contributed by atoms with Gasteiger partial charge in [0.25, 0.3) is 5.91 Å². The first kappa shape index (κ1) is 26.2. The van der Waals surface area contributed by atoms with Crippen molar-refractivity contribution in [2.75, 3.05) is 26.2 Å². The van der Waals surface area contributed by atoms with Gasteiger partial charge in [-0.15, -0.1) is 0 Å². The average Bonchev–Trinajstić information content (AvgIpc) is 3.41. The van der Waals surface area contributed by atoms with Crippen molar-refractivity contribution in [3.63, 3.8) is 0 Å². The summed E-state index contributed by atoms with van der Waals surface area (Å²) in [6, 6.07) is 13.5. The van der Waals surface area contributed by atoms with Crippen molar-refractivity contribution in [2.24, 2.45) is 0 Å². The van der Waals surface area contributed by atoms with Gasteiger partial charge in [0.1, 0.15) is 6.04 Å². The molecule has 9 heteroatoms. The molecule has 0 spiro atoms. The lowest BCUT2D eigenvalue weighted by atomic mass is 10.0. The molecule has 4 amide bonds. The number of hydrogen-bond acceptors (Lipinski definition) is 5. The number of amides is 4. The summed E-state index contributed by atoms with van der Waals surface area (Å²) in [5, 5.41) is 25.7. The van der Waals surface area contributed by atoms with Gasteiger partial charge in [-0.3, -0.25) is 14.8 Å². The first-order valence-electron chi connectivity index (χ1n) is 12.0. The highest BCUT2D eigenvalue weighted by molar-refractivity contribution is 5.98. The fourth-order valence-electron chi connectivity index (χ4n) is 3.94. The number of likely N-dealkylation sites (tertiary alicyclic amines) is 1. The molecule has 0 aromatic heterocycles. The lowest BCUT2D eigenvalue weighted by Gasteiger charge is -2.24. The Bertz CT molecular complexity index is 1000. The van der Waals surface area contributed by atoms with Crippen LogP contribution >= 0.6 is 0 Å². The second-order valence-corrected chi connectivity index (χ2v) is 8.71. The topological polar surface area (TPSA) is 122 Å². The van der Waals surface area contributed by atoms with Crippen LogP contribution in [0.3, 0.4) is 0 Å². The van der Waals surface area contributed by atoms with E-state index in [1.807, 2.05) is 24.3 Å². The van der Waals surface area contributed by atoms with Gasteiger partial charge < -0.3 is 20.6 Å². The summed E-state index contributed by atoms with van der Waals surface area (Å²) >= 11 is 0. The third-order valence-electron chi connectivity index (χ3n) is 6.11. The fourth-order valence-corrected chi connectivity index (χ4v) is 3.94. The molecule has 1 saturated heterocycles. The monoisotopic (exact) mass is 482 g/mol. The molecule has 1 aliphatic rings. The number of carbonyl (C=O) groups excluding carboxylic acids is 3. The summed E-state index contributed by atoms with van der Waals surface area (Å²) in [5.41, 5.74) is 3.61. The molecule has 35 heavy (non-hydrogen) atoms. The summed E-state index contributed by atoms with van der Waals surface area (Å²) in [6.07, 6.45) is 1.63. The Labute approximate surface area is 205 Å². The summed E-state index contributed by atoms with van der Waals surface area (Å²) in [5.74, 6) is -1.10. The van der Waals surface area contributed by atoms with Crippen LogP contribution in [0.2, 0.25) is 0 Å². The van der Waals surface area contributed by atoms with Crippen molar-refractivity contribution < 1.29 is 24.7 Å². The third-order valence-corrected chi connectivity index (χ3v) is 6.11. The van der Waals surface area contributed by atoms with Gasteiger partial charge in [-0.25, -0.2) is 9.86 Å². The molecule has 4 N–H and O–H groups in total. The highest BCUT2D eigenvalue weighted by Gasteiger charge is 2.27. The third kappa shape index (κ3) is 7.03. The van der Waals surface area contributed by atoms with Crippen LogP contribution in [-0.4, -0.2) is 76.4 Å². The van der Waals surface area contributed by atoms with Crippen LogP contribution < -0.4 is 10.6 Å². The summed E-state index contributed by atoms with van der Waals surface area (Å²) in [6.45, 7) is 4.57. The highest BCUT2D eigenvalue weighted by atomic mass is 16.5. The van der Waals surface area contributed by atoms with Gasteiger partial charge in [0.05, 0.1) is 12.6 Å². The Hall–Kier alpha value is -3.43.